The van der Waals surface area contributed by atoms with Crippen LogP contribution in [0.25, 0.3) is 11.3 Å². The van der Waals surface area contributed by atoms with Gasteiger partial charge in [-0.1, -0.05) is 11.6 Å². The van der Waals surface area contributed by atoms with E-state index in [-0.39, 0.29) is 0 Å². The van der Waals surface area contributed by atoms with Crippen LogP contribution >= 0.6 is 11.6 Å². The Morgan fingerprint density at radius 2 is 2.19 bits per heavy atom. The second kappa shape index (κ2) is 4.06. The van der Waals surface area contributed by atoms with Crippen LogP contribution in [0.3, 0.4) is 0 Å². The van der Waals surface area contributed by atoms with Gasteiger partial charge in [0.2, 0.25) is 0 Å². The van der Waals surface area contributed by atoms with Gasteiger partial charge >= 0.3 is 0 Å². The maximum atomic E-state index is 6.04. The molecule has 0 bridgehead atoms. The zero-order chi connectivity index (χ0) is 11.7. The first-order chi connectivity index (χ1) is 7.61. The number of hydrogen-bond donors (Lipinski definition) is 2. The minimum absolute atomic E-state index is 0.471. The molecule has 0 amide bonds. The maximum absolute atomic E-state index is 6.04. The number of nitrogen functional groups attached to an aromatic ring is 1. The summed E-state index contributed by atoms with van der Waals surface area (Å²) in [4.78, 5) is 7.20. The van der Waals surface area contributed by atoms with Gasteiger partial charge in [0, 0.05) is 5.56 Å². The van der Waals surface area contributed by atoms with Crippen molar-refractivity contribution in [3.63, 3.8) is 0 Å². The number of rotatable bonds is 2. The molecule has 0 aliphatic rings. The third kappa shape index (κ3) is 1.84. The number of anilines is 1. The fourth-order valence-corrected chi connectivity index (χ4v) is 1.81. The van der Waals surface area contributed by atoms with Crippen LogP contribution in [0.15, 0.2) is 18.2 Å². The number of aromatic nitrogens is 2. The molecule has 1 aromatic carbocycles. The number of ether oxygens (including phenoxy) is 1. The number of nitrogens with two attached hydrogens (primary N) is 1. The quantitative estimate of drug-likeness (QED) is 0.844. The number of nitrogens with zero attached hydrogens (tertiary/aromatic N) is 1. The lowest BCUT2D eigenvalue weighted by molar-refractivity contribution is 0.415. The summed E-state index contributed by atoms with van der Waals surface area (Å²) in [7, 11) is 1.58. The number of hydrogen-bond acceptors (Lipinski definition) is 3. The summed E-state index contributed by atoms with van der Waals surface area (Å²) in [5.74, 6) is 1.89. The lowest BCUT2D eigenvalue weighted by atomic mass is 10.1. The molecule has 0 fully saturated rings. The summed E-state index contributed by atoms with van der Waals surface area (Å²) in [6.45, 7) is 1.85. The van der Waals surface area contributed by atoms with E-state index in [2.05, 4.69) is 9.97 Å². The molecule has 0 aliphatic heterocycles. The third-order valence-corrected chi connectivity index (χ3v) is 2.59. The first kappa shape index (κ1) is 10.8. The number of methoxy groups -OCH3 is 1. The fraction of sp³-hybridized carbons (Fsp3) is 0.182. The number of aromatic amines is 1. The zero-order valence-electron chi connectivity index (χ0n) is 9.04. The van der Waals surface area contributed by atoms with Crippen molar-refractivity contribution >= 4 is 17.4 Å². The Bertz CT molecular complexity index is 522. The molecule has 0 aliphatic carbocycles. The predicted molar refractivity (Wildman–Crippen MR) is 64.7 cm³/mol. The SMILES string of the molecule is COc1ccc(-c2[nH]c(C)nc2N)cc1Cl. The van der Waals surface area contributed by atoms with Crippen molar-refractivity contribution in [1.29, 1.82) is 0 Å². The van der Waals surface area contributed by atoms with Crippen LogP contribution < -0.4 is 10.5 Å². The molecule has 1 heterocycles. The van der Waals surface area contributed by atoms with Gasteiger partial charge in [0.1, 0.15) is 17.4 Å². The van der Waals surface area contributed by atoms with Gasteiger partial charge < -0.3 is 15.5 Å². The molecule has 4 nitrogen and oxygen atoms in total. The highest BCUT2D eigenvalue weighted by Gasteiger charge is 2.09. The van der Waals surface area contributed by atoms with E-state index in [1.165, 1.54) is 0 Å². The normalized spacial score (nSPS) is 10.4. The summed E-state index contributed by atoms with van der Waals surface area (Å²) in [6, 6.07) is 5.48. The van der Waals surface area contributed by atoms with Crippen molar-refractivity contribution < 1.29 is 4.74 Å². The van der Waals surface area contributed by atoms with Gasteiger partial charge in [0.05, 0.1) is 17.8 Å². The summed E-state index contributed by atoms with van der Waals surface area (Å²) < 4.78 is 5.08. The van der Waals surface area contributed by atoms with Crippen LogP contribution in [-0.2, 0) is 0 Å². The molecule has 0 spiro atoms. The second-order valence-corrected chi connectivity index (χ2v) is 3.84. The molecule has 3 N–H and O–H groups in total. The molecule has 16 heavy (non-hydrogen) atoms. The first-order valence-corrected chi connectivity index (χ1v) is 5.15. The smallest absolute Gasteiger partial charge is 0.149 e. The zero-order valence-corrected chi connectivity index (χ0v) is 9.80. The molecule has 1 aromatic heterocycles. The first-order valence-electron chi connectivity index (χ1n) is 4.78. The van der Waals surface area contributed by atoms with Crippen LogP contribution in [0, 0.1) is 6.92 Å². The molecule has 2 rings (SSSR count). The number of aryl methyl sites for hydroxylation is 1. The van der Waals surface area contributed by atoms with E-state index in [1.54, 1.807) is 19.2 Å². The van der Waals surface area contributed by atoms with E-state index in [9.17, 15) is 0 Å². The van der Waals surface area contributed by atoms with Crippen molar-refractivity contribution in [3.05, 3.63) is 29.0 Å². The Hall–Kier alpha value is -1.68. The minimum atomic E-state index is 0.471. The minimum Gasteiger partial charge on any atom is -0.495 e. The summed E-state index contributed by atoms with van der Waals surface area (Å²) >= 11 is 6.04. The summed E-state index contributed by atoms with van der Waals surface area (Å²) in [5, 5.41) is 0.548. The molecular weight excluding hydrogens is 226 g/mol. The average Bonchev–Trinajstić information content (AvgIpc) is 2.58. The lowest BCUT2D eigenvalue weighted by Crippen LogP contribution is -1.89. The van der Waals surface area contributed by atoms with Crippen molar-refractivity contribution in [3.8, 4) is 17.0 Å². The Morgan fingerprint density at radius 3 is 2.69 bits per heavy atom. The van der Waals surface area contributed by atoms with E-state index in [1.807, 2.05) is 13.0 Å². The van der Waals surface area contributed by atoms with Gasteiger partial charge in [-0.05, 0) is 25.1 Å². The van der Waals surface area contributed by atoms with Crippen molar-refractivity contribution in [2.75, 3.05) is 12.8 Å². The molecule has 0 saturated heterocycles. The van der Waals surface area contributed by atoms with Gasteiger partial charge in [-0.2, -0.15) is 0 Å². The van der Waals surface area contributed by atoms with Crippen LogP contribution in [0.1, 0.15) is 5.82 Å². The second-order valence-electron chi connectivity index (χ2n) is 3.43. The van der Waals surface area contributed by atoms with Gasteiger partial charge in [-0.15, -0.1) is 0 Å². The highest BCUT2D eigenvalue weighted by Crippen LogP contribution is 2.31. The molecule has 5 heteroatoms. The Morgan fingerprint density at radius 1 is 1.44 bits per heavy atom. The van der Waals surface area contributed by atoms with E-state index in [4.69, 9.17) is 22.1 Å². The van der Waals surface area contributed by atoms with Crippen LogP contribution in [0.2, 0.25) is 5.02 Å². The standard InChI is InChI=1S/C11H12ClN3O/c1-6-14-10(11(13)15-6)7-3-4-9(16-2)8(12)5-7/h3-5H,13H2,1-2H3,(H,14,15). The van der Waals surface area contributed by atoms with E-state index in [0.717, 1.165) is 17.1 Å². The molecule has 0 saturated carbocycles. The molecule has 0 atom stereocenters. The lowest BCUT2D eigenvalue weighted by Gasteiger charge is -2.05. The van der Waals surface area contributed by atoms with E-state index < -0.39 is 0 Å². The maximum Gasteiger partial charge on any atom is 0.149 e. The van der Waals surface area contributed by atoms with Crippen molar-refractivity contribution in [1.82, 2.24) is 9.97 Å². The number of nitrogens with one attached hydrogen (secondary N) is 1. The molecule has 0 unspecified atom stereocenters. The van der Waals surface area contributed by atoms with Gasteiger partial charge in [0.15, 0.2) is 0 Å². The predicted octanol–water partition coefficient (Wildman–Crippen LogP) is 2.63. The number of H-pyrrole nitrogens is 1. The van der Waals surface area contributed by atoms with E-state index in [0.29, 0.717) is 16.6 Å². The highest BCUT2D eigenvalue weighted by molar-refractivity contribution is 6.32. The van der Waals surface area contributed by atoms with Crippen LogP contribution in [0.4, 0.5) is 5.82 Å². The highest BCUT2D eigenvalue weighted by atomic mass is 35.5. The molecular formula is C11H12ClN3O. The van der Waals surface area contributed by atoms with Crippen molar-refractivity contribution in [2.45, 2.75) is 6.92 Å². The van der Waals surface area contributed by atoms with Gasteiger partial charge in [0.25, 0.3) is 0 Å². The molecule has 84 valence electrons. The monoisotopic (exact) mass is 237 g/mol. The molecule has 0 radical (unpaired) electrons. The number of halogens is 1. The number of imidazole rings is 1. The summed E-state index contributed by atoms with van der Waals surface area (Å²) in [5.41, 5.74) is 7.45. The Kier molecular flexibility index (Phi) is 2.75. The van der Waals surface area contributed by atoms with Gasteiger partial charge in [-0.3, -0.25) is 0 Å². The fourth-order valence-electron chi connectivity index (χ4n) is 1.55. The Balaban J connectivity index is 2.49. The van der Waals surface area contributed by atoms with Crippen LogP contribution in [-0.4, -0.2) is 17.1 Å². The van der Waals surface area contributed by atoms with Gasteiger partial charge in [-0.25, -0.2) is 4.98 Å². The largest absolute Gasteiger partial charge is 0.495 e. The van der Waals surface area contributed by atoms with E-state index >= 15 is 0 Å². The number of benzene rings is 1. The Labute approximate surface area is 98.4 Å². The van der Waals surface area contributed by atoms with Crippen LogP contribution in [0.5, 0.6) is 5.75 Å². The molecule has 2 aromatic rings. The third-order valence-electron chi connectivity index (χ3n) is 2.29. The van der Waals surface area contributed by atoms with Crippen molar-refractivity contribution in [2.24, 2.45) is 0 Å². The average molecular weight is 238 g/mol. The topological polar surface area (TPSA) is 63.9 Å². The summed E-state index contributed by atoms with van der Waals surface area (Å²) in [6.07, 6.45) is 0.